The molecule has 3 rings (SSSR count). The summed E-state index contributed by atoms with van der Waals surface area (Å²) in [4.78, 5) is 40.3. The zero-order valence-electron chi connectivity index (χ0n) is 18.3. The van der Waals surface area contributed by atoms with Gasteiger partial charge in [-0.2, -0.15) is 0 Å². The molecule has 1 N–H and O–H groups in total. The quantitative estimate of drug-likeness (QED) is 0.586. The smallest absolute Gasteiger partial charge is 0.245 e. The van der Waals surface area contributed by atoms with Crippen LogP contribution in [0.1, 0.15) is 42.6 Å². The summed E-state index contributed by atoms with van der Waals surface area (Å²) in [5, 5.41) is 3.68. The predicted molar refractivity (Wildman–Crippen MR) is 127 cm³/mol. The highest BCUT2D eigenvalue weighted by Crippen LogP contribution is 2.27. The van der Waals surface area contributed by atoms with Crippen molar-refractivity contribution in [3.63, 3.8) is 0 Å². The molecule has 2 aromatic rings. The Kier molecular flexibility index (Phi) is 8.32. The lowest BCUT2D eigenvalue weighted by Crippen LogP contribution is -2.53. The van der Waals surface area contributed by atoms with E-state index in [1.54, 1.807) is 23.1 Å². The Bertz CT molecular complexity index is 970. The first-order valence-electron chi connectivity index (χ1n) is 10.9. The normalized spacial score (nSPS) is 15.5. The maximum absolute atomic E-state index is 13.2. The number of ketones is 1. The molecule has 0 bridgehead atoms. The van der Waals surface area contributed by atoms with Gasteiger partial charge in [0, 0.05) is 24.6 Å². The maximum Gasteiger partial charge on any atom is 0.245 e. The van der Waals surface area contributed by atoms with Gasteiger partial charge in [0.05, 0.1) is 16.5 Å². The molecule has 0 radical (unpaired) electrons. The van der Waals surface area contributed by atoms with Crippen LogP contribution in [0.4, 0.5) is 0 Å². The van der Waals surface area contributed by atoms with E-state index in [1.165, 1.54) is 0 Å². The Morgan fingerprint density at radius 3 is 2.25 bits per heavy atom. The van der Waals surface area contributed by atoms with Gasteiger partial charge < -0.3 is 10.2 Å². The van der Waals surface area contributed by atoms with E-state index in [0.29, 0.717) is 41.5 Å². The molecule has 5 nitrogen and oxygen atoms in total. The van der Waals surface area contributed by atoms with Gasteiger partial charge in [-0.3, -0.25) is 14.4 Å². The van der Waals surface area contributed by atoms with Gasteiger partial charge in [-0.15, -0.1) is 0 Å². The monoisotopic (exact) mass is 474 g/mol. The fraction of sp³-hybridized carbons (Fsp3) is 0.400. The van der Waals surface area contributed by atoms with Crippen LogP contribution in [0.25, 0.3) is 0 Å². The van der Waals surface area contributed by atoms with Gasteiger partial charge in [0.25, 0.3) is 0 Å². The molecule has 170 valence electrons. The first-order chi connectivity index (χ1) is 15.3. The molecule has 0 aliphatic carbocycles. The number of amides is 2. The van der Waals surface area contributed by atoms with E-state index in [-0.39, 0.29) is 35.9 Å². The number of nitrogens with one attached hydrogen (secondary N) is 1. The molecule has 1 heterocycles. The molecule has 1 unspecified atom stereocenters. The lowest BCUT2D eigenvalue weighted by molar-refractivity contribution is -0.138. The molecule has 0 spiro atoms. The number of nitrogens with zero attached hydrogens (tertiary/aromatic N) is 1. The molecule has 7 heteroatoms. The van der Waals surface area contributed by atoms with Crippen LogP contribution in [0.3, 0.4) is 0 Å². The second-order valence-electron chi connectivity index (χ2n) is 8.54. The van der Waals surface area contributed by atoms with Gasteiger partial charge >= 0.3 is 0 Å². The molecule has 1 atom stereocenters. The van der Waals surface area contributed by atoms with Crippen LogP contribution >= 0.6 is 23.2 Å². The zero-order valence-corrected chi connectivity index (χ0v) is 19.8. The molecule has 1 aliphatic heterocycles. The number of halogens is 2. The van der Waals surface area contributed by atoms with E-state index in [9.17, 15) is 14.4 Å². The van der Waals surface area contributed by atoms with Crippen molar-refractivity contribution in [3.05, 3.63) is 69.7 Å². The minimum Gasteiger partial charge on any atom is -0.344 e. The van der Waals surface area contributed by atoms with Crippen molar-refractivity contribution in [3.8, 4) is 0 Å². The Morgan fingerprint density at radius 1 is 1.00 bits per heavy atom. The molecule has 0 aromatic heterocycles. The van der Waals surface area contributed by atoms with Crippen molar-refractivity contribution in [2.45, 2.75) is 39.2 Å². The number of carbonyl (C=O) groups is 3. The maximum atomic E-state index is 13.2. The first kappa shape index (κ1) is 24.3. The van der Waals surface area contributed by atoms with Crippen molar-refractivity contribution < 1.29 is 14.4 Å². The number of carbonyl (C=O) groups excluding carboxylic acids is 3. The fourth-order valence-electron chi connectivity index (χ4n) is 3.96. The Hall–Kier alpha value is -2.37. The van der Waals surface area contributed by atoms with E-state index in [2.05, 4.69) is 5.32 Å². The molecule has 2 aromatic carbocycles. The van der Waals surface area contributed by atoms with Crippen molar-refractivity contribution in [1.82, 2.24) is 10.2 Å². The summed E-state index contributed by atoms with van der Waals surface area (Å²) in [7, 11) is 0. The van der Waals surface area contributed by atoms with Crippen LogP contribution in [0, 0.1) is 11.8 Å². The molecular weight excluding hydrogens is 447 g/mol. The van der Waals surface area contributed by atoms with Gasteiger partial charge in [0.15, 0.2) is 5.78 Å². The highest BCUT2D eigenvalue weighted by Gasteiger charge is 2.33. The van der Waals surface area contributed by atoms with Crippen LogP contribution in [-0.4, -0.2) is 41.6 Å². The summed E-state index contributed by atoms with van der Waals surface area (Å²) in [6, 6.07) is 13.8. The van der Waals surface area contributed by atoms with Crippen LogP contribution in [-0.2, 0) is 16.0 Å². The van der Waals surface area contributed by atoms with Gasteiger partial charge in [-0.1, -0.05) is 67.4 Å². The average Bonchev–Trinajstić information content (AvgIpc) is 2.79. The summed E-state index contributed by atoms with van der Waals surface area (Å²) in [5.41, 5.74) is 1.44. The van der Waals surface area contributed by atoms with Gasteiger partial charge in [0.2, 0.25) is 11.8 Å². The van der Waals surface area contributed by atoms with Crippen molar-refractivity contribution in [2.75, 3.05) is 13.1 Å². The number of piperidine rings is 1. The molecule has 32 heavy (non-hydrogen) atoms. The summed E-state index contributed by atoms with van der Waals surface area (Å²) in [6.07, 6.45) is 1.39. The lowest BCUT2D eigenvalue weighted by atomic mass is 9.88. The Morgan fingerprint density at radius 2 is 1.66 bits per heavy atom. The van der Waals surface area contributed by atoms with Crippen LogP contribution in [0.2, 0.25) is 10.0 Å². The van der Waals surface area contributed by atoms with Crippen LogP contribution in [0.5, 0.6) is 0 Å². The minimum atomic E-state index is -0.589. The standard InChI is InChI=1S/C25H28Cl2N2O3/c1-16(2)23(28-22(30)14-17-6-4-3-5-7-17)25(32)29-12-10-18(11-13-29)24(31)19-8-9-20(26)21(27)15-19/h3-9,15-16,18,23H,10-14H2,1-2H3,(H,28,30). The third-order valence-electron chi connectivity index (χ3n) is 5.84. The van der Waals surface area contributed by atoms with Crippen LogP contribution < -0.4 is 5.32 Å². The fourth-order valence-corrected chi connectivity index (χ4v) is 4.26. The molecular formula is C25H28Cl2N2O3. The number of likely N-dealkylation sites (tertiary alicyclic amines) is 1. The third-order valence-corrected chi connectivity index (χ3v) is 6.58. The molecule has 1 fully saturated rings. The van der Waals surface area contributed by atoms with E-state index < -0.39 is 6.04 Å². The molecule has 2 amide bonds. The van der Waals surface area contributed by atoms with Crippen LogP contribution in [0.15, 0.2) is 48.5 Å². The van der Waals surface area contributed by atoms with E-state index in [1.807, 2.05) is 44.2 Å². The summed E-state index contributed by atoms with van der Waals surface area (Å²) >= 11 is 12.0. The second kappa shape index (κ2) is 11.0. The number of hydrogen-bond donors (Lipinski definition) is 1. The highest BCUT2D eigenvalue weighted by molar-refractivity contribution is 6.42. The van der Waals surface area contributed by atoms with Crippen molar-refractivity contribution >= 4 is 40.8 Å². The molecule has 1 saturated heterocycles. The molecule has 0 saturated carbocycles. The molecule has 1 aliphatic rings. The van der Waals surface area contributed by atoms with Gasteiger partial charge in [-0.05, 0) is 42.5 Å². The zero-order chi connectivity index (χ0) is 23.3. The largest absolute Gasteiger partial charge is 0.344 e. The van der Waals surface area contributed by atoms with E-state index in [0.717, 1.165) is 5.56 Å². The number of hydrogen-bond acceptors (Lipinski definition) is 3. The first-order valence-corrected chi connectivity index (χ1v) is 11.6. The number of Topliss-reactive ketones (excluding diaryl/α,β-unsaturated/α-hetero) is 1. The summed E-state index contributed by atoms with van der Waals surface area (Å²) < 4.78 is 0. The number of rotatable bonds is 7. The Balaban J connectivity index is 1.57. The Labute approximate surface area is 199 Å². The summed E-state index contributed by atoms with van der Waals surface area (Å²) in [6.45, 7) is 4.81. The summed E-state index contributed by atoms with van der Waals surface area (Å²) in [5.74, 6) is -0.457. The third kappa shape index (κ3) is 6.11. The highest BCUT2D eigenvalue weighted by atomic mass is 35.5. The van der Waals surface area contributed by atoms with Gasteiger partial charge in [-0.25, -0.2) is 0 Å². The SMILES string of the molecule is CC(C)C(NC(=O)Cc1ccccc1)C(=O)N1CCC(C(=O)c2ccc(Cl)c(Cl)c2)CC1. The number of benzene rings is 2. The lowest BCUT2D eigenvalue weighted by Gasteiger charge is -2.35. The predicted octanol–water partition coefficient (Wildman–Crippen LogP) is 4.80. The van der Waals surface area contributed by atoms with Gasteiger partial charge in [0.1, 0.15) is 6.04 Å². The second-order valence-corrected chi connectivity index (χ2v) is 9.36. The van der Waals surface area contributed by atoms with E-state index >= 15 is 0 Å². The minimum absolute atomic E-state index is 0.0206. The van der Waals surface area contributed by atoms with E-state index in [4.69, 9.17) is 23.2 Å². The van der Waals surface area contributed by atoms with Crippen molar-refractivity contribution in [2.24, 2.45) is 11.8 Å². The average molecular weight is 475 g/mol. The topological polar surface area (TPSA) is 66.5 Å². The van der Waals surface area contributed by atoms with Crippen molar-refractivity contribution in [1.29, 1.82) is 0 Å².